The van der Waals surface area contributed by atoms with Crippen LogP contribution in [0.3, 0.4) is 0 Å². The van der Waals surface area contributed by atoms with Gasteiger partial charge in [-0.25, -0.2) is 8.78 Å². The van der Waals surface area contributed by atoms with Gasteiger partial charge in [0.15, 0.2) is 0 Å². The topological polar surface area (TPSA) is 77.0 Å². The highest BCUT2D eigenvalue weighted by molar-refractivity contribution is 6.01. The van der Waals surface area contributed by atoms with E-state index in [0.29, 0.717) is 12.1 Å². The SMILES string of the molecule is CC(=O)NCC1CC(c2cc(F)c(C3=CCOC(=O)C3)c(F)c2)=NO1. The molecule has 0 aromatic heterocycles. The Labute approximate surface area is 142 Å². The van der Waals surface area contributed by atoms with Crippen LogP contribution < -0.4 is 5.32 Å². The molecule has 25 heavy (non-hydrogen) atoms. The van der Waals surface area contributed by atoms with Gasteiger partial charge < -0.3 is 14.9 Å². The van der Waals surface area contributed by atoms with E-state index in [1.165, 1.54) is 25.1 Å². The zero-order valence-corrected chi connectivity index (χ0v) is 13.5. The minimum absolute atomic E-state index is 0.000174. The van der Waals surface area contributed by atoms with E-state index in [1.54, 1.807) is 0 Å². The van der Waals surface area contributed by atoms with Crippen molar-refractivity contribution in [2.75, 3.05) is 13.2 Å². The lowest BCUT2D eigenvalue weighted by Crippen LogP contribution is -2.30. The molecule has 1 amide bonds. The Bertz CT molecular complexity index is 766. The molecule has 1 N–H and O–H groups in total. The number of ether oxygens (including phenoxy) is 1. The Hall–Kier alpha value is -2.77. The molecule has 0 saturated heterocycles. The molecule has 1 aromatic carbocycles. The van der Waals surface area contributed by atoms with Crippen molar-refractivity contribution in [1.29, 1.82) is 0 Å². The smallest absolute Gasteiger partial charge is 0.310 e. The third kappa shape index (κ3) is 3.84. The van der Waals surface area contributed by atoms with Crippen LogP contribution in [-0.4, -0.2) is 36.8 Å². The van der Waals surface area contributed by atoms with Gasteiger partial charge in [0, 0.05) is 24.5 Å². The number of oxime groups is 1. The van der Waals surface area contributed by atoms with Gasteiger partial charge in [0.2, 0.25) is 5.91 Å². The fourth-order valence-corrected chi connectivity index (χ4v) is 2.72. The number of amides is 1. The number of carbonyl (C=O) groups is 2. The lowest BCUT2D eigenvalue weighted by Gasteiger charge is -2.15. The summed E-state index contributed by atoms with van der Waals surface area (Å²) < 4.78 is 33.6. The van der Waals surface area contributed by atoms with Gasteiger partial charge in [-0.2, -0.15) is 0 Å². The Balaban J connectivity index is 1.78. The molecule has 2 aliphatic heterocycles. The number of halogens is 2. The van der Waals surface area contributed by atoms with Crippen molar-refractivity contribution in [2.24, 2.45) is 5.16 Å². The van der Waals surface area contributed by atoms with Crippen LogP contribution in [0.5, 0.6) is 0 Å². The Morgan fingerprint density at radius 2 is 2.08 bits per heavy atom. The molecule has 2 aliphatic rings. The predicted octanol–water partition coefficient (Wildman–Crippen LogP) is 1.92. The molecule has 0 fully saturated rings. The van der Waals surface area contributed by atoms with Gasteiger partial charge in [-0.15, -0.1) is 0 Å². The van der Waals surface area contributed by atoms with Crippen molar-refractivity contribution >= 4 is 23.2 Å². The summed E-state index contributed by atoms with van der Waals surface area (Å²) in [7, 11) is 0. The van der Waals surface area contributed by atoms with Crippen molar-refractivity contribution in [3.63, 3.8) is 0 Å². The fraction of sp³-hybridized carbons (Fsp3) is 0.353. The Morgan fingerprint density at radius 1 is 1.36 bits per heavy atom. The molecule has 1 aromatic rings. The zero-order valence-electron chi connectivity index (χ0n) is 13.5. The summed E-state index contributed by atoms with van der Waals surface area (Å²) in [5, 5.41) is 6.45. The van der Waals surface area contributed by atoms with Gasteiger partial charge in [0.25, 0.3) is 0 Å². The summed E-state index contributed by atoms with van der Waals surface area (Å²) >= 11 is 0. The summed E-state index contributed by atoms with van der Waals surface area (Å²) in [6, 6.07) is 2.34. The van der Waals surface area contributed by atoms with Crippen LogP contribution >= 0.6 is 0 Å². The summed E-state index contributed by atoms with van der Waals surface area (Å²) in [4.78, 5) is 27.4. The second-order valence-corrected chi connectivity index (χ2v) is 5.81. The van der Waals surface area contributed by atoms with Crippen molar-refractivity contribution in [3.8, 4) is 0 Å². The van der Waals surface area contributed by atoms with Crippen molar-refractivity contribution in [1.82, 2.24) is 5.32 Å². The predicted molar refractivity (Wildman–Crippen MR) is 84.6 cm³/mol. The van der Waals surface area contributed by atoms with Crippen LogP contribution in [0.2, 0.25) is 0 Å². The molecule has 132 valence electrons. The van der Waals surface area contributed by atoms with Crippen molar-refractivity contribution in [2.45, 2.75) is 25.9 Å². The largest absolute Gasteiger partial charge is 0.461 e. The third-order valence-electron chi connectivity index (χ3n) is 3.92. The molecular weight excluding hydrogens is 334 g/mol. The summed E-state index contributed by atoms with van der Waals surface area (Å²) in [6.45, 7) is 1.65. The first-order valence-corrected chi connectivity index (χ1v) is 7.75. The van der Waals surface area contributed by atoms with Gasteiger partial charge in [-0.3, -0.25) is 9.59 Å². The second kappa shape index (κ2) is 7.00. The molecule has 1 atom stereocenters. The second-order valence-electron chi connectivity index (χ2n) is 5.81. The summed E-state index contributed by atoms with van der Waals surface area (Å²) in [5.74, 6) is -2.26. The molecule has 2 heterocycles. The minimum atomic E-state index is -0.774. The van der Waals surface area contributed by atoms with Gasteiger partial charge in [-0.1, -0.05) is 5.16 Å². The molecule has 0 radical (unpaired) electrons. The number of esters is 1. The van der Waals surface area contributed by atoms with E-state index < -0.39 is 17.6 Å². The number of nitrogens with zero attached hydrogens (tertiary/aromatic N) is 1. The molecule has 3 rings (SSSR count). The van der Waals surface area contributed by atoms with Crippen LogP contribution in [0.1, 0.15) is 30.9 Å². The number of nitrogens with one attached hydrogen (secondary N) is 1. The van der Waals surface area contributed by atoms with E-state index in [0.717, 1.165) is 0 Å². The zero-order chi connectivity index (χ0) is 18.0. The number of benzene rings is 1. The first-order valence-electron chi connectivity index (χ1n) is 7.75. The van der Waals surface area contributed by atoms with Gasteiger partial charge >= 0.3 is 5.97 Å². The first kappa shape index (κ1) is 17.1. The maximum atomic E-state index is 14.4. The highest BCUT2D eigenvalue weighted by Crippen LogP contribution is 2.29. The first-order chi connectivity index (χ1) is 11.9. The normalized spacial score (nSPS) is 19.6. The van der Waals surface area contributed by atoms with E-state index in [2.05, 4.69) is 10.5 Å². The van der Waals surface area contributed by atoms with E-state index in [4.69, 9.17) is 9.57 Å². The monoisotopic (exact) mass is 350 g/mol. The molecule has 1 unspecified atom stereocenters. The number of carbonyl (C=O) groups excluding carboxylic acids is 2. The average molecular weight is 350 g/mol. The van der Waals surface area contributed by atoms with Gasteiger partial charge in [0.05, 0.1) is 18.7 Å². The maximum absolute atomic E-state index is 14.4. The van der Waals surface area contributed by atoms with Crippen LogP contribution in [0.15, 0.2) is 23.4 Å². The molecule has 0 saturated carbocycles. The van der Waals surface area contributed by atoms with Crippen molar-refractivity contribution in [3.05, 3.63) is 41.0 Å². The third-order valence-corrected chi connectivity index (χ3v) is 3.92. The molecule has 6 nitrogen and oxygen atoms in total. The molecule has 0 spiro atoms. The average Bonchev–Trinajstić information content (AvgIpc) is 3.01. The quantitative estimate of drug-likeness (QED) is 0.842. The number of cyclic esters (lactones) is 1. The Kier molecular flexibility index (Phi) is 4.78. The number of hydrogen-bond donors (Lipinski definition) is 1. The van der Waals surface area contributed by atoms with Gasteiger partial charge in [-0.05, 0) is 23.8 Å². The van der Waals surface area contributed by atoms with E-state index in [-0.39, 0.29) is 48.3 Å². The Morgan fingerprint density at radius 3 is 2.72 bits per heavy atom. The maximum Gasteiger partial charge on any atom is 0.310 e. The molecule has 8 heteroatoms. The molecule has 0 aliphatic carbocycles. The van der Waals surface area contributed by atoms with E-state index >= 15 is 0 Å². The van der Waals surface area contributed by atoms with Crippen LogP contribution in [-0.2, 0) is 19.2 Å². The minimum Gasteiger partial charge on any atom is -0.461 e. The lowest BCUT2D eigenvalue weighted by atomic mass is 9.96. The summed E-state index contributed by atoms with van der Waals surface area (Å²) in [6.07, 6.45) is 1.27. The standard InChI is InChI=1S/C17H16F2N2O4/c1-9(22)20-8-12-7-15(21-25-12)11-4-13(18)17(14(19)5-11)10-2-3-24-16(23)6-10/h2,4-5,12H,3,6-8H2,1H3,(H,20,22). The molecular formula is C17H16F2N2O4. The van der Waals surface area contributed by atoms with E-state index in [1.807, 2.05) is 0 Å². The van der Waals surface area contributed by atoms with Crippen LogP contribution in [0.25, 0.3) is 5.57 Å². The van der Waals surface area contributed by atoms with Crippen molar-refractivity contribution < 1.29 is 27.9 Å². The highest BCUT2D eigenvalue weighted by atomic mass is 19.1. The molecule has 0 bridgehead atoms. The van der Waals surface area contributed by atoms with Crippen LogP contribution in [0, 0.1) is 11.6 Å². The summed E-state index contributed by atoms with van der Waals surface area (Å²) in [5.41, 5.74) is 0.709. The fourth-order valence-electron chi connectivity index (χ4n) is 2.72. The van der Waals surface area contributed by atoms with Crippen LogP contribution in [0.4, 0.5) is 8.78 Å². The highest BCUT2D eigenvalue weighted by Gasteiger charge is 2.26. The van der Waals surface area contributed by atoms with Gasteiger partial charge in [0.1, 0.15) is 24.3 Å². The number of rotatable bonds is 4. The number of hydrogen-bond acceptors (Lipinski definition) is 5. The van der Waals surface area contributed by atoms with E-state index in [9.17, 15) is 18.4 Å². The lowest BCUT2D eigenvalue weighted by molar-refractivity contribution is -0.141.